The van der Waals surface area contributed by atoms with E-state index in [4.69, 9.17) is 4.74 Å². The molecule has 0 aliphatic carbocycles. The number of hydrogen-bond donors (Lipinski definition) is 1. The van der Waals surface area contributed by atoms with Crippen LogP contribution in [0.2, 0.25) is 0 Å². The smallest absolute Gasteiger partial charge is 0.311 e. The van der Waals surface area contributed by atoms with Crippen LogP contribution in [0, 0.1) is 5.41 Å². The third kappa shape index (κ3) is 3.19. The Hall–Kier alpha value is -1.10. The van der Waals surface area contributed by atoms with Crippen molar-refractivity contribution in [1.29, 1.82) is 0 Å². The molecule has 5 nitrogen and oxygen atoms in total. The Morgan fingerprint density at radius 1 is 1.47 bits per heavy atom. The zero-order valence-electron chi connectivity index (χ0n) is 10.6. The van der Waals surface area contributed by atoms with E-state index in [2.05, 4.69) is 0 Å². The largest absolute Gasteiger partial charge is 0.481 e. The number of piperidine rings is 1. The van der Waals surface area contributed by atoms with Gasteiger partial charge < -0.3 is 14.7 Å². The lowest BCUT2D eigenvalue weighted by Gasteiger charge is -2.39. The Morgan fingerprint density at radius 3 is 2.71 bits per heavy atom. The summed E-state index contributed by atoms with van der Waals surface area (Å²) < 4.78 is 4.87. The maximum absolute atomic E-state index is 11.8. The summed E-state index contributed by atoms with van der Waals surface area (Å²) in [6, 6.07) is 0. The molecule has 1 fully saturated rings. The van der Waals surface area contributed by atoms with E-state index >= 15 is 0 Å². The molecule has 17 heavy (non-hydrogen) atoms. The summed E-state index contributed by atoms with van der Waals surface area (Å²) in [6.45, 7) is 3.26. The molecule has 98 valence electrons. The van der Waals surface area contributed by atoms with Crippen molar-refractivity contribution in [2.75, 3.05) is 26.8 Å². The molecular formula is C12H21NO4. The number of carbonyl (C=O) groups is 2. The van der Waals surface area contributed by atoms with Crippen molar-refractivity contribution in [3.05, 3.63) is 0 Å². The summed E-state index contributed by atoms with van der Waals surface area (Å²) >= 11 is 0. The number of ether oxygens (including phenoxy) is 1. The van der Waals surface area contributed by atoms with Crippen LogP contribution in [0.15, 0.2) is 0 Å². The molecule has 0 aromatic heterocycles. The quantitative estimate of drug-likeness (QED) is 0.786. The molecule has 0 aromatic carbocycles. The molecule has 1 N–H and O–H groups in total. The van der Waals surface area contributed by atoms with Gasteiger partial charge in [-0.15, -0.1) is 0 Å². The van der Waals surface area contributed by atoms with Crippen LogP contribution in [0.4, 0.5) is 0 Å². The molecule has 1 saturated heterocycles. The molecule has 1 amide bonds. The lowest BCUT2D eigenvalue weighted by molar-refractivity contribution is -0.155. The predicted molar refractivity (Wildman–Crippen MR) is 62.7 cm³/mol. The van der Waals surface area contributed by atoms with Gasteiger partial charge in [0.15, 0.2) is 0 Å². The summed E-state index contributed by atoms with van der Waals surface area (Å²) in [6.07, 6.45) is 2.32. The van der Waals surface area contributed by atoms with E-state index < -0.39 is 11.4 Å². The summed E-state index contributed by atoms with van der Waals surface area (Å²) in [5.41, 5.74) is -0.749. The van der Waals surface area contributed by atoms with Gasteiger partial charge in [0.1, 0.15) is 0 Å². The fourth-order valence-corrected chi connectivity index (χ4v) is 2.31. The molecule has 1 aliphatic heterocycles. The average Bonchev–Trinajstić information content (AvgIpc) is 2.35. The van der Waals surface area contributed by atoms with Gasteiger partial charge in [0, 0.05) is 20.2 Å². The first-order chi connectivity index (χ1) is 8.05. The molecule has 1 atom stereocenters. The van der Waals surface area contributed by atoms with Crippen molar-refractivity contribution in [1.82, 2.24) is 4.90 Å². The van der Waals surface area contributed by atoms with Gasteiger partial charge in [0.25, 0.3) is 0 Å². The second kappa shape index (κ2) is 6.00. The summed E-state index contributed by atoms with van der Waals surface area (Å²) in [5.74, 6) is -0.796. The lowest BCUT2D eigenvalue weighted by Crippen LogP contribution is -2.49. The maximum Gasteiger partial charge on any atom is 0.311 e. The summed E-state index contributed by atoms with van der Waals surface area (Å²) in [7, 11) is 1.55. The normalized spacial score (nSPS) is 24.7. The fourth-order valence-electron chi connectivity index (χ4n) is 2.31. The number of carboxylic acid groups (broad SMARTS) is 1. The van der Waals surface area contributed by atoms with Crippen LogP contribution in [0.5, 0.6) is 0 Å². The van der Waals surface area contributed by atoms with Crippen LogP contribution < -0.4 is 0 Å². The van der Waals surface area contributed by atoms with Crippen molar-refractivity contribution in [3.8, 4) is 0 Å². The van der Waals surface area contributed by atoms with Gasteiger partial charge in [-0.05, 0) is 19.3 Å². The van der Waals surface area contributed by atoms with Gasteiger partial charge in [-0.1, -0.05) is 6.92 Å². The average molecular weight is 243 g/mol. The zero-order valence-corrected chi connectivity index (χ0v) is 10.6. The third-order valence-electron chi connectivity index (χ3n) is 3.58. The minimum Gasteiger partial charge on any atom is -0.481 e. The molecule has 5 heteroatoms. The second-order valence-electron chi connectivity index (χ2n) is 4.60. The van der Waals surface area contributed by atoms with Crippen LogP contribution in [-0.4, -0.2) is 48.7 Å². The van der Waals surface area contributed by atoms with E-state index in [9.17, 15) is 14.7 Å². The van der Waals surface area contributed by atoms with E-state index in [1.54, 1.807) is 12.0 Å². The summed E-state index contributed by atoms with van der Waals surface area (Å²) in [4.78, 5) is 24.8. The van der Waals surface area contributed by atoms with Crippen LogP contribution in [-0.2, 0) is 14.3 Å². The fraction of sp³-hybridized carbons (Fsp3) is 0.833. The molecule has 0 saturated carbocycles. The van der Waals surface area contributed by atoms with Gasteiger partial charge in [-0.3, -0.25) is 9.59 Å². The number of carbonyl (C=O) groups excluding carboxylic acids is 1. The van der Waals surface area contributed by atoms with E-state index in [1.807, 2.05) is 6.92 Å². The zero-order chi connectivity index (χ0) is 12.9. The van der Waals surface area contributed by atoms with Crippen LogP contribution in [0.1, 0.15) is 32.6 Å². The Labute approximate surface area is 102 Å². The maximum atomic E-state index is 11.8. The van der Waals surface area contributed by atoms with Gasteiger partial charge in [0.05, 0.1) is 18.4 Å². The van der Waals surface area contributed by atoms with E-state index in [-0.39, 0.29) is 5.91 Å². The topological polar surface area (TPSA) is 66.8 Å². The molecule has 1 rings (SSSR count). The minimum atomic E-state index is -0.788. The second-order valence-corrected chi connectivity index (χ2v) is 4.60. The van der Waals surface area contributed by atoms with Gasteiger partial charge >= 0.3 is 5.97 Å². The number of amides is 1. The number of hydrogen-bond acceptors (Lipinski definition) is 3. The number of likely N-dealkylation sites (tertiary alicyclic amines) is 1. The first-order valence-corrected chi connectivity index (χ1v) is 6.06. The van der Waals surface area contributed by atoms with Crippen LogP contribution in [0.25, 0.3) is 0 Å². The number of rotatable bonds is 5. The molecule has 0 aromatic rings. The highest BCUT2D eigenvalue weighted by molar-refractivity contribution is 5.79. The monoisotopic (exact) mass is 243 g/mol. The summed E-state index contributed by atoms with van der Waals surface area (Å²) in [5, 5.41) is 9.30. The van der Waals surface area contributed by atoms with Crippen molar-refractivity contribution in [2.45, 2.75) is 32.6 Å². The van der Waals surface area contributed by atoms with Crippen molar-refractivity contribution < 1.29 is 19.4 Å². The molecular weight excluding hydrogens is 222 g/mol. The van der Waals surface area contributed by atoms with E-state index in [0.717, 1.165) is 6.42 Å². The Bertz CT molecular complexity index is 292. The number of methoxy groups -OCH3 is 1. The molecule has 0 bridgehead atoms. The SMILES string of the molecule is CCC1(C(=O)O)CCCN(C(=O)CCOC)C1. The van der Waals surface area contributed by atoms with Crippen molar-refractivity contribution in [3.63, 3.8) is 0 Å². The molecule has 1 heterocycles. The highest BCUT2D eigenvalue weighted by atomic mass is 16.5. The van der Waals surface area contributed by atoms with Crippen molar-refractivity contribution in [2.24, 2.45) is 5.41 Å². The highest BCUT2D eigenvalue weighted by Crippen LogP contribution is 2.33. The van der Waals surface area contributed by atoms with Gasteiger partial charge in [0.2, 0.25) is 5.91 Å². The minimum absolute atomic E-state index is 0.00868. The Balaban J connectivity index is 2.65. The Morgan fingerprint density at radius 2 is 2.18 bits per heavy atom. The number of nitrogens with zero attached hydrogens (tertiary/aromatic N) is 1. The molecule has 1 unspecified atom stereocenters. The lowest BCUT2D eigenvalue weighted by atomic mass is 9.77. The highest BCUT2D eigenvalue weighted by Gasteiger charge is 2.41. The van der Waals surface area contributed by atoms with Crippen LogP contribution >= 0.6 is 0 Å². The van der Waals surface area contributed by atoms with Gasteiger partial charge in [-0.25, -0.2) is 0 Å². The molecule has 1 aliphatic rings. The standard InChI is InChI=1S/C12H21NO4/c1-3-12(11(15)16)6-4-7-13(9-12)10(14)5-8-17-2/h3-9H2,1-2H3,(H,15,16). The Kier molecular flexibility index (Phi) is 4.93. The van der Waals surface area contributed by atoms with Crippen LogP contribution in [0.3, 0.4) is 0 Å². The van der Waals surface area contributed by atoms with Gasteiger partial charge in [-0.2, -0.15) is 0 Å². The predicted octanol–water partition coefficient (Wildman–Crippen LogP) is 1.13. The molecule has 0 spiro atoms. The third-order valence-corrected chi connectivity index (χ3v) is 3.58. The van der Waals surface area contributed by atoms with Crippen molar-refractivity contribution >= 4 is 11.9 Å². The number of carboxylic acids is 1. The molecule has 0 radical (unpaired) electrons. The van der Waals surface area contributed by atoms with E-state index in [0.29, 0.717) is 39.0 Å². The van der Waals surface area contributed by atoms with E-state index in [1.165, 1.54) is 0 Å². The first kappa shape index (κ1) is 14.0. The first-order valence-electron chi connectivity index (χ1n) is 6.06. The number of aliphatic carboxylic acids is 1.